The molecule has 0 saturated heterocycles. The second kappa shape index (κ2) is 4.33. The smallest absolute Gasteiger partial charge is 0.252 e. The third-order valence-corrected chi connectivity index (χ3v) is 1.71. The number of benzene rings is 1. The molecule has 1 aromatic rings. The van der Waals surface area contributed by atoms with Crippen LogP contribution in [0, 0.1) is 6.92 Å². The molecule has 1 rings (SSSR count). The molecule has 0 unspecified atom stereocenters. The van der Waals surface area contributed by atoms with Crippen molar-refractivity contribution in [2.45, 2.75) is 6.92 Å². The van der Waals surface area contributed by atoms with Gasteiger partial charge in [0.2, 0.25) is 0 Å². The topological polar surface area (TPSA) is 43.1 Å². The van der Waals surface area contributed by atoms with Crippen LogP contribution in [0.1, 0.15) is 15.9 Å². The van der Waals surface area contributed by atoms with Crippen molar-refractivity contribution in [2.24, 2.45) is 0 Å². The van der Waals surface area contributed by atoms with Crippen molar-refractivity contribution in [2.75, 3.05) is 5.73 Å². The Morgan fingerprint density at radius 2 is 2.08 bits per heavy atom. The lowest BCUT2D eigenvalue weighted by molar-refractivity contribution is 0.108. The molecule has 0 atom stereocenters. The summed E-state index contributed by atoms with van der Waals surface area (Å²) in [5.41, 5.74) is 7.56. The first kappa shape index (κ1) is 11.3. The van der Waals surface area contributed by atoms with Gasteiger partial charge in [-0.05, 0) is 42.3 Å². The molecule has 0 aliphatic heterocycles. The molecule has 12 heavy (non-hydrogen) atoms. The fourth-order valence-electron chi connectivity index (χ4n) is 0.798. The van der Waals surface area contributed by atoms with Gasteiger partial charge in [0.1, 0.15) is 0 Å². The van der Waals surface area contributed by atoms with Crippen molar-refractivity contribution < 1.29 is 4.79 Å². The summed E-state index contributed by atoms with van der Waals surface area (Å²) in [6, 6.07) is 4.95. The van der Waals surface area contributed by atoms with Crippen molar-refractivity contribution in [1.82, 2.24) is 0 Å². The minimum Gasteiger partial charge on any atom is -0.399 e. The van der Waals surface area contributed by atoms with E-state index in [1.165, 1.54) is 0 Å². The fraction of sp³-hybridized carbons (Fsp3) is 0.125. The van der Waals surface area contributed by atoms with Gasteiger partial charge in [0.25, 0.3) is 5.24 Å². The van der Waals surface area contributed by atoms with E-state index < -0.39 is 5.24 Å². The number of anilines is 1. The van der Waals surface area contributed by atoms with Crippen LogP contribution in [-0.2, 0) is 0 Å². The summed E-state index contributed by atoms with van der Waals surface area (Å²) in [5, 5.41) is -0.451. The van der Waals surface area contributed by atoms with Gasteiger partial charge in [0.15, 0.2) is 0 Å². The van der Waals surface area contributed by atoms with E-state index in [2.05, 4.69) is 0 Å². The van der Waals surface area contributed by atoms with E-state index in [-0.39, 0.29) is 12.4 Å². The Bertz CT molecular complexity index is 299. The van der Waals surface area contributed by atoms with Crippen LogP contribution in [0.5, 0.6) is 0 Å². The maximum Gasteiger partial charge on any atom is 0.252 e. The highest BCUT2D eigenvalue weighted by molar-refractivity contribution is 6.67. The summed E-state index contributed by atoms with van der Waals surface area (Å²) in [5.74, 6) is 0. The first-order valence-corrected chi connectivity index (χ1v) is 3.55. The van der Waals surface area contributed by atoms with Gasteiger partial charge < -0.3 is 5.73 Å². The second-order valence-corrected chi connectivity index (χ2v) is 2.69. The van der Waals surface area contributed by atoms with Gasteiger partial charge in [-0.2, -0.15) is 0 Å². The lowest BCUT2D eigenvalue weighted by atomic mass is 10.1. The summed E-state index contributed by atoms with van der Waals surface area (Å²) >= 11 is 5.25. The summed E-state index contributed by atoms with van der Waals surface area (Å²) in [6.07, 6.45) is 0. The van der Waals surface area contributed by atoms with Crippen molar-refractivity contribution in [1.29, 1.82) is 0 Å². The molecule has 0 aliphatic rings. The van der Waals surface area contributed by atoms with Crippen LogP contribution >= 0.6 is 24.0 Å². The number of carbonyl (C=O) groups excluding carboxylic acids is 1. The highest BCUT2D eigenvalue weighted by Gasteiger charge is 2.01. The Hall–Kier alpha value is -0.730. The third-order valence-electron chi connectivity index (χ3n) is 1.50. The SMILES string of the molecule is Cc1cc(C(=O)Cl)ccc1N.Cl. The number of aryl methyl sites for hydroxylation is 1. The lowest BCUT2D eigenvalue weighted by Crippen LogP contribution is -1.93. The minimum atomic E-state index is -0.451. The van der Waals surface area contributed by atoms with Crippen LogP contribution in [0.25, 0.3) is 0 Å². The van der Waals surface area contributed by atoms with Gasteiger partial charge in [0, 0.05) is 11.3 Å². The Morgan fingerprint density at radius 1 is 1.50 bits per heavy atom. The molecule has 1 aromatic carbocycles. The number of hydrogen-bond donors (Lipinski definition) is 1. The maximum atomic E-state index is 10.6. The molecule has 0 spiro atoms. The normalized spacial score (nSPS) is 8.83. The standard InChI is InChI=1S/C8H8ClNO.ClH/c1-5-4-6(8(9)11)2-3-7(5)10;/h2-4H,10H2,1H3;1H. The van der Waals surface area contributed by atoms with E-state index in [0.717, 1.165) is 5.56 Å². The number of halogens is 2. The van der Waals surface area contributed by atoms with E-state index in [1.807, 2.05) is 6.92 Å². The average Bonchev–Trinajstić information content (AvgIpc) is 1.94. The summed E-state index contributed by atoms with van der Waals surface area (Å²) in [6.45, 7) is 1.83. The van der Waals surface area contributed by atoms with Crippen LogP contribution < -0.4 is 5.73 Å². The van der Waals surface area contributed by atoms with Gasteiger partial charge in [-0.1, -0.05) is 0 Å². The van der Waals surface area contributed by atoms with E-state index in [1.54, 1.807) is 18.2 Å². The molecule has 0 fully saturated rings. The molecule has 0 saturated carbocycles. The largest absolute Gasteiger partial charge is 0.399 e. The number of hydrogen-bond acceptors (Lipinski definition) is 2. The van der Waals surface area contributed by atoms with Gasteiger partial charge >= 0.3 is 0 Å². The highest BCUT2D eigenvalue weighted by Crippen LogP contribution is 2.13. The molecule has 0 aliphatic carbocycles. The molecule has 2 nitrogen and oxygen atoms in total. The number of nitrogen functional groups attached to an aromatic ring is 1. The van der Waals surface area contributed by atoms with Crippen LogP contribution in [0.3, 0.4) is 0 Å². The van der Waals surface area contributed by atoms with Gasteiger partial charge in [-0.3, -0.25) is 4.79 Å². The third kappa shape index (κ3) is 2.40. The van der Waals surface area contributed by atoms with Gasteiger partial charge in [-0.25, -0.2) is 0 Å². The molecule has 0 radical (unpaired) electrons. The van der Waals surface area contributed by atoms with E-state index >= 15 is 0 Å². The van der Waals surface area contributed by atoms with Crippen LogP contribution in [0.4, 0.5) is 5.69 Å². The van der Waals surface area contributed by atoms with Crippen LogP contribution in [0.15, 0.2) is 18.2 Å². The molecule has 0 heterocycles. The van der Waals surface area contributed by atoms with Crippen molar-refractivity contribution >= 4 is 34.9 Å². The highest BCUT2D eigenvalue weighted by atomic mass is 35.5. The van der Waals surface area contributed by atoms with Crippen molar-refractivity contribution in [3.05, 3.63) is 29.3 Å². The monoisotopic (exact) mass is 205 g/mol. The Labute approximate surface area is 82.1 Å². The van der Waals surface area contributed by atoms with Crippen molar-refractivity contribution in [3.63, 3.8) is 0 Å². The first-order valence-electron chi connectivity index (χ1n) is 3.17. The average molecular weight is 206 g/mol. The van der Waals surface area contributed by atoms with Crippen molar-refractivity contribution in [3.8, 4) is 0 Å². The molecular formula is C8H9Cl2NO. The number of nitrogens with two attached hydrogens (primary N) is 1. The number of rotatable bonds is 1. The summed E-state index contributed by atoms with van der Waals surface area (Å²) in [7, 11) is 0. The van der Waals surface area contributed by atoms with E-state index in [0.29, 0.717) is 11.3 Å². The predicted octanol–water partition coefficient (Wildman–Crippen LogP) is 2.38. The van der Waals surface area contributed by atoms with E-state index in [9.17, 15) is 4.79 Å². The van der Waals surface area contributed by atoms with Crippen LogP contribution in [-0.4, -0.2) is 5.24 Å². The predicted molar refractivity (Wildman–Crippen MR) is 53.0 cm³/mol. The summed E-state index contributed by atoms with van der Waals surface area (Å²) in [4.78, 5) is 10.6. The molecule has 0 aromatic heterocycles. The van der Waals surface area contributed by atoms with Gasteiger partial charge in [0.05, 0.1) is 0 Å². The minimum absolute atomic E-state index is 0. The molecule has 4 heteroatoms. The molecule has 2 N–H and O–H groups in total. The molecule has 66 valence electrons. The zero-order valence-corrected chi connectivity index (χ0v) is 8.08. The lowest BCUT2D eigenvalue weighted by Gasteiger charge is -1.99. The number of carbonyl (C=O) groups is 1. The Morgan fingerprint density at radius 3 is 2.50 bits per heavy atom. The molecule has 0 amide bonds. The summed E-state index contributed by atoms with van der Waals surface area (Å²) < 4.78 is 0. The molecule has 0 bridgehead atoms. The Kier molecular flexibility index (Phi) is 4.07. The Balaban J connectivity index is 0.00000121. The zero-order chi connectivity index (χ0) is 8.43. The second-order valence-electron chi connectivity index (χ2n) is 2.35. The maximum absolute atomic E-state index is 10.6. The van der Waals surface area contributed by atoms with Crippen LogP contribution in [0.2, 0.25) is 0 Å². The van der Waals surface area contributed by atoms with E-state index in [4.69, 9.17) is 17.3 Å². The molecular weight excluding hydrogens is 197 g/mol. The first-order chi connectivity index (χ1) is 5.11. The zero-order valence-electron chi connectivity index (χ0n) is 6.50. The fourth-order valence-corrected chi connectivity index (χ4v) is 0.916. The van der Waals surface area contributed by atoms with Gasteiger partial charge in [-0.15, -0.1) is 12.4 Å². The quantitative estimate of drug-likeness (QED) is 0.566.